The Labute approximate surface area is 160 Å². The number of benzene rings is 1. The molecule has 0 unspecified atom stereocenters. The number of carbonyl (C=O) groups is 2. The topological polar surface area (TPSA) is 113 Å². The number of ether oxygens (including phenoxy) is 1. The van der Waals surface area contributed by atoms with Gasteiger partial charge in [-0.3, -0.25) is 14.4 Å². The smallest absolute Gasteiger partial charge is 0.251 e. The number of para-hydroxylation sites is 2. The monoisotopic (exact) mass is 388 g/mol. The van der Waals surface area contributed by atoms with Crippen LogP contribution in [0.4, 0.5) is 5.69 Å². The molecule has 1 aromatic heterocycles. The molecule has 8 nitrogen and oxygen atoms in total. The van der Waals surface area contributed by atoms with E-state index in [0.29, 0.717) is 22.3 Å². The van der Waals surface area contributed by atoms with E-state index in [1.807, 2.05) is 6.07 Å². The van der Waals surface area contributed by atoms with Crippen LogP contribution in [-0.2, 0) is 16.0 Å². The molecule has 1 heterocycles. The molecule has 142 valence electrons. The lowest BCUT2D eigenvalue weighted by molar-refractivity contribution is -0.120. The largest absolute Gasteiger partial charge is 0.495 e. The summed E-state index contributed by atoms with van der Waals surface area (Å²) in [5.74, 6) is 0.203. The second-order valence-corrected chi connectivity index (χ2v) is 7.06. The number of rotatable bonds is 8. The fourth-order valence-corrected chi connectivity index (χ4v) is 3.08. The third-order valence-corrected chi connectivity index (χ3v) is 4.65. The third-order valence-electron chi connectivity index (χ3n) is 3.78. The highest BCUT2D eigenvalue weighted by molar-refractivity contribution is 7.99. The first-order valence-electron chi connectivity index (χ1n) is 8.49. The SMILES string of the molecule is COc1ccccc1NC(=O)CSc1nc(CC(=O)NC2CC2)cc(=O)[nH]1. The summed E-state index contributed by atoms with van der Waals surface area (Å²) in [6.45, 7) is 0. The highest BCUT2D eigenvalue weighted by atomic mass is 32.2. The number of methoxy groups -OCH3 is 1. The Morgan fingerprint density at radius 1 is 1.30 bits per heavy atom. The number of nitrogens with zero attached hydrogens (tertiary/aromatic N) is 1. The van der Waals surface area contributed by atoms with Crippen molar-refractivity contribution >= 4 is 29.3 Å². The number of hydrogen-bond donors (Lipinski definition) is 3. The zero-order valence-corrected chi connectivity index (χ0v) is 15.6. The van der Waals surface area contributed by atoms with E-state index in [2.05, 4.69) is 20.6 Å². The summed E-state index contributed by atoms with van der Waals surface area (Å²) in [6.07, 6.45) is 2.04. The minimum atomic E-state index is -0.355. The number of aromatic nitrogens is 2. The molecule has 0 radical (unpaired) electrons. The van der Waals surface area contributed by atoms with Crippen molar-refractivity contribution in [2.45, 2.75) is 30.5 Å². The Balaban J connectivity index is 1.57. The summed E-state index contributed by atoms with van der Waals surface area (Å²) in [6, 6.07) is 8.64. The number of anilines is 1. The lowest BCUT2D eigenvalue weighted by atomic mass is 10.3. The second kappa shape index (κ2) is 8.72. The van der Waals surface area contributed by atoms with Gasteiger partial charge in [0, 0.05) is 12.1 Å². The van der Waals surface area contributed by atoms with Crippen molar-refractivity contribution in [2.24, 2.45) is 0 Å². The quantitative estimate of drug-likeness (QED) is 0.464. The fourth-order valence-electron chi connectivity index (χ4n) is 2.38. The Morgan fingerprint density at radius 2 is 2.07 bits per heavy atom. The predicted octanol–water partition coefficient (Wildman–Crippen LogP) is 1.33. The van der Waals surface area contributed by atoms with Crippen LogP contribution in [0.1, 0.15) is 18.5 Å². The van der Waals surface area contributed by atoms with Crippen LogP contribution in [0.25, 0.3) is 0 Å². The van der Waals surface area contributed by atoms with Gasteiger partial charge in [0.1, 0.15) is 5.75 Å². The first-order chi connectivity index (χ1) is 13.0. The van der Waals surface area contributed by atoms with E-state index in [-0.39, 0.29) is 35.6 Å². The molecule has 1 aliphatic carbocycles. The summed E-state index contributed by atoms with van der Waals surface area (Å²) < 4.78 is 5.19. The first kappa shape index (κ1) is 19.0. The van der Waals surface area contributed by atoms with Crippen molar-refractivity contribution in [3.8, 4) is 5.75 Å². The Morgan fingerprint density at radius 3 is 2.81 bits per heavy atom. The lowest BCUT2D eigenvalue weighted by Gasteiger charge is -2.09. The number of hydrogen-bond acceptors (Lipinski definition) is 6. The molecule has 0 aliphatic heterocycles. The Bertz CT molecular complexity index is 895. The van der Waals surface area contributed by atoms with E-state index in [1.54, 1.807) is 18.2 Å². The normalized spacial score (nSPS) is 13.1. The molecule has 0 atom stereocenters. The molecule has 2 aromatic rings. The molecule has 1 aliphatic rings. The van der Waals surface area contributed by atoms with Crippen LogP contribution in [0, 0.1) is 0 Å². The third kappa shape index (κ3) is 5.85. The maximum atomic E-state index is 12.2. The predicted molar refractivity (Wildman–Crippen MR) is 102 cm³/mol. The molecule has 0 saturated heterocycles. The van der Waals surface area contributed by atoms with E-state index in [4.69, 9.17) is 4.74 Å². The summed E-state index contributed by atoms with van der Waals surface area (Å²) >= 11 is 1.09. The van der Waals surface area contributed by atoms with Gasteiger partial charge in [-0.2, -0.15) is 0 Å². The van der Waals surface area contributed by atoms with E-state index < -0.39 is 0 Å². The summed E-state index contributed by atoms with van der Waals surface area (Å²) in [7, 11) is 1.53. The van der Waals surface area contributed by atoms with Crippen LogP contribution < -0.4 is 20.9 Å². The van der Waals surface area contributed by atoms with E-state index in [9.17, 15) is 14.4 Å². The molecule has 3 rings (SSSR count). The van der Waals surface area contributed by atoms with Crippen molar-refractivity contribution in [3.63, 3.8) is 0 Å². The van der Waals surface area contributed by atoms with Gasteiger partial charge in [0.05, 0.1) is 30.7 Å². The molecule has 0 bridgehead atoms. The number of nitrogens with one attached hydrogen (secondary N) is 3. The number of aromatic amines is 1. The van der Waals surface area contributed by atoms with Crippen molar-refractivity contribution < 1.29 is 14.3 Å². The maximum Gasteiger partial charge on any atom is 0.251 e. The highest BCUT2D eigenvalue weighted by Crippen LogP contribution is 2.23. The van der Waals surface area contributed by atoms with E-state index in [0.717, 1.165) is 24.6 Å². The highest BCUT2D eigenvalue weighted by Gasteiger charge is 2.23. The molecule has 2 amide bonds. The van der Waals surface area contributed by atoms with Gasteiger partial charge >= 0.3 is 0 Å². The van der Waals surface area contributed by atoms with Crippen LogP contribution in [-0.4, -0.2) is 40.7 Å². The molecule has 9 heteroatoms. The van der Waals surface area contributed by atoms with Gasteiger partial charge < -0.3 is 20.4 Å². The van der Waals surface area contributed by atoms with Crippen molar-refractivity contribution in [1.29, 1.82) is 0 Å². The molecular formula is C18H20N4O4S. The molecule has 1 aromatic carbocycles. The number of carbonyl (C=O) groups excluding carboxylic acids is 2. The second-order valence-electron chi connectivity index (χ2n) is 6.10. The molecule has 3 N–H and O–H groups in total. The van der Waals surface area contributed by atoms with Crippen molar-refractivity contribution in [2.75, 3.05) is 18.2 Å². The maximum absolute atomic E-state index is 12.2. The number of amides is 2. The number of thioether (sulfide) groups is 1. The fraction of sp³-hybridized carbons (Fsp3) is 0.333. The van der Waals surface area contributed by atoms with E-state index in [1.165, 1.54) is 13.2 Å². The average Bonchev–Trinajstić information content (AvgIpc) is 3.44. The summed E-state index contributed by atoms with van der Waals surface area (Å²) in [5.41, 5.74) is 0.592. The van der Waals surface area contributed by atoms with Crippen LogP contribution in [0.3, 0.4) is 0 Å². The van der Waals surface area contributed by atoms with Gasteiger partial charge in [-0.1, -0.05) is 23.9 Å². The molecule has 1 fully saturated rings. The molecule has 27 heavy (non-hydrogen) atoms. The minimum Gasteiger partial charge on any atom is -0.495 e. The average molecular weight is 388 g/mol. The first-order valence-corrected chi connectivity index (χ1v) is 9.47. The zero-order chi connectivity index (χ0) is 19.2. The van der Waals surface area contributed by atoms with E-state index >= 15 is 0 Å². The van der Waals surface area contributed by atoms with Gasteiger partial charge in [-0.25, -0.2) is 4.98 Å². The summed E-state index contributed by atoms with van der Waals surface area (Å²) in [5, 5.41) is 5.91. The molecule has 1 saturated carbocycles. The molecule has 0 spiro atoms. The van der Waals surface area contributed by atoms with Gasteiger partial charge in [0.25, 0.3) is 5.56 Å². The number of H-pyrrole nitrogens is 1. The Hall–Kier alpha value is -2.81. The van der Waals surface area contributed by atoms with Gasteiger partial charge in [-0.15, -0.1) is 0 Å². The summed E-state index contributed by atoms with van der Waals surface area (Å²) in [4.78, 5) is 42.6. The minimum absolute atomic E-state index is 0.0430. The van der Waals surface area contributed by atoms with Gasteiger partial charge in [0.15, 0.2) is 5.16 Å². The zero-order valence-electron chi connectivity index (χ0n) is 14.8. The lowest BCUT2D eigenvalue weighted by Crippen LogP contribution is -2.28. The van der Waals surface area contributed by atoms with Crippen molar-refractivity contribution in [3.05, 3.63) is 46.4 Å². The van der Waals surface area contributed by atoms with Gasteiger partial charge in [0.2, 0.25) is 11.8 Å². The van der Waals surface area contributed by atoms with Crippen LogP contribution in [0.5, 0.6) is 5.75 Å². The van der Waals surface area contributed by atoms with Crippen LogP contribution >= 0.6 is 11.8 Å². The molecular weight excluding hydrogens is 368 g/mol. The van der Waals surface area contributed by atoms with Gasteiger partial charge in [-0.05, 0) is 25.0 Å². The standard InChI is InChI=1S/C18H20N4O4S/c1-26-14-5-3-2-4-13(14)21-17(25)10-27-18-20-12(9-16(24)22-18)8-15(23)19-11-6-7-11/h2-5,9,11H,6-8,10H2,1H3,(H,19,23)(H,21,25)(H,20,22,24). The van der Waals surface area contributed by atoms with Crippen LogP contribution in [0.15, 0.2) is 40.3 Å². The Kier molecular flexibility index (Phi) is 6.12. The van der Waals surface area contributed by atoms with Crippen molar-refractivity contribution in [1.82, 2.24) is 15.3 Å². The van der Waals surface area contributed by atoms with Crippen LogP contribution in [0.2, 0.25) is 0 Å².